The summed E-state index contributed by atoms with van der Waals surface area (Å²) in [7, 11) is -0.216. The Balaban J connectivity index is 2.13. The Kier molecular flexibility index (Phi) is 4.01. The summed E-state index contributed by atoms with van der Waals surface area (Å²) in [6.45, 7) is 6.61. The molecular weight excluding hydrogens is 299 g/mol. The van der Waals surface area contributed by atoms with Crippen LogP contribution in [0.4, 0.5) is 0 Å². The number of aromatic amines is 1. The van der Waals surface area contributed by atoms with E-state index in [1.54, 1.807) is 0 Å². The molecule has 2 heterocycles. The fourth-order valence-electron chi connectivity index (χ4n) is 2.54. The highest BCUT2D eigenvalue weighted by molar-refractivity contribution is 7.64. The molecule has 21 heavy (non-hydrogen) atoms. The third kappa shape index (κ3) is 2.71. The van der Waals surface area contributed by atoms with Gasteiger partial charge in [-0.2, -0.15) is 0 Å². The highest BCUT2D eigenvalue weighted by atomic mass is 35.5. The molecule has 4 heteroatoms. The summed E-state index contributed by atoms with van der Waals surface area (Å²) in [6.07, 6.45) is 4.98. The molecule has 0 spiro atoms. The number of benzene rings is 1. The molecule has 2 nitrogen and oxygen atoms in total. The lowest BCUT2D eigenvalue weighted by Crippen LogP contribution is -2.01. The molecule has 2 aromatic heterocycles. The van der Waals surface area contributed by atoms with Crippen LogP contribution in [0.15, 0.2) is 36.7 Å². The SMILES string of the molecule is CCc1c[nH]c2ncc(-c3ccc(Cl)c(P(C)C)c3)cc12. The van der Waals surface area contributed by atoms with E-state index in [2.05, 4.69) is 48.4 Å². The number of rotatable bonds is 3. The fourth-order valence-corrected chi connectivity index (χ4v) is 4.07. The zero-order valence-corrected chi connectivity index (χ0v) is 14.1. The smallest absolute Gasteiger partial charge is 0.137 e. The van der Waals surface area contributed by atoms with Gasteiger partial charge in [0, 0.05) is 28.4 Å². The second-order valence-corrected chi connectivity index (χ2v) is 8.03. The first-order valence-electron chi connectivity index (χ1n) is 7.03. The molecule has 108 valence electrons. The van der Waals surface area contributed by atoms with Gasteiger partial charge >= 0.3 is 0 Å². The number of halogens is 1. The van der Waals surface area contributed by atoms with Gasteiger partial charge in [-0.1, -0.05) is 32.5 Å². The van der Waals surface area contributed by atoms with Gasteiger partial charge in [0.05, 0.1) is 0 Å². The summed E-state index contributed by atoms with van der Waals surface area (Å²) in [4.78, 5) is 7.77. The Morgan fingerprint density at radius 2 is 2.00 bits per heavy atom. The van der Waals surface area contributed by atoms with Crippen molar-refractivity contribution in [3.63, 3.8) is 0 Å². The number of H-pyrrole nitrogens is 1. The van der Waals surface area contributed by atoms with Crippen molar-refractivity contribution in [1.82, 2.24) is 9.97 Å². The number of nitrogens with one attached hydrogen (secondary N) is 1. The monoisotopic (exact) mass is 316 g/mol. The molecule has 0 radical (unpaired) electrons. The number of hydrogen-bond donors (Lipinski definition) is 1. The minimum atomic E-state index is -0.216. The number of fused-ring (bicyclic) bond motifs is 1. The highest BCUT2D eigenvalue weighted by Gasteiger charge is 2.09. The van der Waals surface area contributed by atoms with Gasteiger partial charge in [-0.15, -0.1) is 0 Å². The van der Waals surface area contributed by atoms with Crippen LogP contribution in [0.1, 0.15) is 12.5 Å². The van der Waals surface area contributed by atoms with Crippen molar-refractivity contribution in [1.29, 1.82) is 0 Å². The predicted octanol–water partition coefficient (Wildman–Crippen LogP) is 4.81. The van der Waals surface area contributed by atoms with Gasteiger partial charge in [0.1, 0.15) is 5.65 Å². The molecule has 0 saturated heterocycles. The van der Waals surface area contributed by atoms with Gasteiger partial charge in [0.2, 0.25) is 0 Å². The van der Waals surface area contributed by atoms with Crippen LogP contribution in [0.25, 0.3) is 22.2 Å². The molecule has 0 amide bonds. The zero-order valence-electron chi connectivity index (χ0n) is 12.4. The molecule has 0 aliphatic heterocycles. The maximum atomic E-state index is 6.30. The lowest BCUT2D eigenvalue weighted by Gasteiger charge is -2.11. The standard InChI is InChI=1S/C17H18ClN2P/c1-4-11-9-19-17-14(11)7-13(10-20-17)12-5-6-15(18)16(8-12)21(2)3/h5-10H,4H2,1-3H3,(H,19,20). The van der Waals surface area contributed by atoms with Crippen LogP contribution in [0.2, 0.25) is 5.02 Å². The largest absolute Gasteiger partial charge is 0.346 e. The first-order valence-corrected chi connectivity index (χ1v) is 9.64. The third-order valence-electron chi connectivity index (χ3n) is 3.76. The quantitative estimate of drug-likeness (QED) is 0.690. The van der Waals surface area contributed by atoms with Gasteiger partial charge in [0.15, 0.2) is 0 Å². The summed E-state index contributed by atoms with van der Waals surface area (Å²) in [5, 5.41) is 3.32. The van der Waals surface area contributed by atoms with E-state index in [9.17, 15) is 0 Å². The highest BCUT2D eigenvalue weighted by Crippen LogP contribution is 2.32. The van der Waals surface area contributed by atoms with Crippen LogP contribution in [-0.4, -0.2) is 23.3 Å². The molecule has 0 aliphatic carbocycles. The fraction of sp³-hybridized carbons (Fsp3) is 0.235. The molecule has 1 aromatic carbocycles. The molecule has 0 aliphatic rings. The van der Waals surface area contributed by atoms with E-state index >= 15 is 0 Å². The predicted molar refractivity (Wildman–Crippen MR) is 94.3 cm³/mol. The Hall–Kier alpha value is -1.37. The zero-order chi connectivity index (χ0) is 15.0. The van der Waals surface area contributed by atoms with Gasteiger partial charge in [-0.05, 0) is 54.4 Å². The van der Waals surface area contributed by atoms with Crippen molar-refractivity contribution < 1.29 is 0 Å². The minimum absolute atomic E-state index is 0.216. The number of pyridine rings is 1. The maximum absolute atomic E-state index is 6.30. The Morgan fingerprint density at radius 1 is 1.19 bits per heavy atom. The topological polar surface area (TPSA) is 28.7 Å². The van der Waals surface area contributed by atoms with E-state index in [4.69, 9.17) is 11.6 Å². The van der Waals surface area contributed by atoms with Crippen LogP contribution in [0.3, 0.4) is 0 Å². The van der Waals surface area contributed by atoms with E-state index in [0.29, 0.717) is 0 Å². The van der Waals surface area contributed by atoms with Crippen LogP contribution in [0.5, 0.6) is 0 Å². The lowest BCUT2D eigenvalue weighted by atomic mass is 10.1. The molecule has 0 saturated carbocycles. The second kappa shape index (κ2) is 5.79. The summed E-state index contributed by atoms with van der Waals surface area (Å²) in [5.41, 5.74) is 4.59. The minimum Gasteiger partial charge on any atom is -0.346 e. The van der Waals surface area contributed by atoms with Crippen molar-refractivity contribution in [2.45, 2.75) is 13.3 Å². The molecule has 3 aromatic rings. The van der Waals surface area contributed by atoms with Crippen molar-refractivity contribution in [2.24, 2.45) is 0 Å². The number of hydrogen-bond acceptors (Lipinski definition) is 1. The lowest BCUT2D eigenvalue weighted by molar-refractivity contribution is 1.15. The van der Waals surface area contributed by atoms with Crippen molar-refractivity contribution >= 4 is 35.9 Å². The normalized spacial score (nSPS) is 11.5. The van der Waals surface area contributed by atoms with Crippen LogP contribution in [-0.2, 0) is 6.42 Å². The molecule has 0 bridgehead atoms. The van der Waals surface area contributed by atoms with Crippen molar-refractivity contribution in [3.8, 4) is 11.1 Å². The average molecular weight is 317 g/mol. The molecule has 0 fully saturated rings. The van der Waals surface area contributed by atoms with Gasteiger partial charge < -0.3 is 4.98 Å². The van der Waals surface area contributed by atoms with Crippen LogP contribution < -0.4 is 5.30 Å². The van der Waals surface area contributed by atoms with Gasteiger partial charge in [0.25, 0.3) is 0 Å². The summed E-state index contributed by atoms with van der Waals surface area (Å²) in [6, 6.07) is 8.50. The Labute approximate surface area is 131 Å². The molecule has 1 N–H and O–H groups in total. The summed E-state index contributed by atoms with van der Waals surface area (Å²) < 4.78 is 0. The maximum Gasteiger partial charge on any atom is 0.137 e. The first kappa shape index (κ1) is 14.6. The van der Waals surface area contributed by atoms with Crippen LogP contribution in [0, 0.1) is 0 Å². The summed E-state index contributed by atoms with van der Waals surface area (Å²) >= 11 is 6.30. The van der Waals surface area contributed by atoms with E-state index in [0.717, 1.165) is 22.7 Å². The second-order valence-electron chi connectivity index (χ2n) is 5.35. The van der Waals surface area contributed by atoms with Crippen molar-refractivity contribution in [2.75, 3.05) is 13.3 Å². The molecule has 3 rings (SSSR count). The first-order chi connectivity index (χ1) is 10.1. The van der Waals surface area contributed by atoms with E-state index in [1.807, 2.05) is 18.5 Å². The van der Waals surface area contributed by atoms with E-state index in [1.165, 1.54) is 21.8 Å². The van der Waals surface area contributed by atoms with Crippen LogP contribution >= 0.6 is 19.5 Å². The number of nitrogens with zero attached hydrogens (tertiary/aromatic N) is 1. The molecular formula is C17H18ClN2P. The van der Waals surface area contributed by atoms with E-state index < -0.39 is 0 Å². The summed E-state index contributed by atoms with van der Waals surface area (Å²) in [5.74, 6) is 0. The van der Waals surface area contributed by atoms with E-state index in [-0.39, 0.29) is 7.92 Å². The number of aromatic nitrogens is 2. The molecule has 0 unspecified atom stereocenters. The average Bonchev–Trinajstić information content (AvgIpc) is 2.89. The number of aryl methyl sites for hydroxylation is 1. The third-order valence-corrected chi connectivity index (χ3v) is 5.55. The Morgan fingerprint density at radius 3 is 2.71 bits per heavy atom. The van der Waals surface area contributed by atoms with Gasteiger partial charge in [-0.3, -0.25) is 0 Å². The Bertz CT molecular complexity index is 793. The molecule has 0 atom stereocenters. The van der Waals surface area contributed by atoms with Crippen molar-refractivity contribution in [3.05, 3.63) is 47.2 Å². The van der Waals surface area contributed by atoms with Gasteiger partial charge in [-0.25, -0.2) is 4.98 Å².